The minimum Gasteiger partial charge on any atom is -0.394 e. The van der Waals surface area contributed by atoms with Gasteiger partial charge in [0.15, 0.2) is 0 Å². The van der Waals surface area contributed by atoms with Gasteiger partial charge in [-0.25, -0.2) is 0 Å². The number of rotatable bonds is 6. The second-order valence-electron chi connectivity index (χ2n) is 4.56. The number of nitrogens with zero attached hydrogens (tertiary/aromatic N) is 1. The minimum atomic E-state index is -0.396. The first kappa shape index (κ1) is 14.9. The maximum atomic E-state index is 11.9. The molecule has 0 unspecified atom stereocenters. The molecule has 0 radical (unpaired) electrons. The molecule has 0 spiro atoms. The second kappa shape index (κ2) is 7.31. The van der Waals surface area contributed by atoms with Crippen molar-refractivity contribution in [3.05, 3.63) is 35.9 Å². The Kier molecular flexibility index (Phi) is 5.43. The van der Waals surface area contributed by atoms with Crippen molar-refractivity contribution < 1.29 is 14.7 Å². The third-order valence-electron chi connectivity index (χ3n) is 3.17. The Morgan fingerprint density at radius 1 is 1.40 bits per heavy atom. The van der Waals surface area contributed by atoms with Crippen LogP contribution in [0.2, 0.25) is 0 Å². The maximum Gasteiger partial charge on any atom is 0.281 e. The van der Waals surface area contributed by atoms with Crippen LogP contribution in [0.25, 0.3) is 0 Å². The summed E-state index contributed by atoms with van der Waals surface area (Å²) in [4.78, 5) is 25.0. The van der Waals surface area contributed by atoms with Crippen LogP contribution in [-0.2, 0) is 4.79 Å². The van der Waals surface area contributed by atoms with E-state index in [9.17, 15) is 14.7 Å². The van der Waals surface area contributed by atoms with E-state index in [0.717, 1.165) is 11.3 Å². The SMILES string of the molecule is O=C(CCN1CCSC1=O)N[C@@H](CO)c1ccccc1. The highest BCUT2D eigenvalue weighted by molar-refractivity contribution is 8.13. The summed E-state index contributed by atoms with van der Waals surface area (Å²) in [5.41, 5.74) is 0.871. The van der Waals surface area contributed by atoms with Gasteiger partial charge in [-0.15, -0.1) is 0 Å². The fraction of sp³-hybridized carbons (Fsp3) is 0.429. The molecule has 1 atom stereocenters. The van der Waals surface area contributed by atoms with Gasteiger partial charge in [0.25, 0.3) is 5.24 Å². The average molecular weight is 294 g/mol. The summed E-state index contributed by atoms with van der Waals surface area (Å²) in [6, 6.07) is 8.95. The smallest absolute Gasteiger partial charge is 0.281 e. The molecule has 2 N–H and O–H groups in total. The third kappa shape index (κ3) is 3.98. The first-order chi connectivity index (χ1) is 9.70. The van der Waals surface area contributed by atoms with Crippen molar-refractivity contribution in [2.75, 3.05) is 25.4 Å². The molecule has 1 aliphatic heterocycles. The Morgan fingerprint density at radius 2 is 2.15 bits per heavy atom. The van der Waals surface area contributed by atoms with E-state index in [0.29, 0.717) is 13.1 Å². The van der Waals surface area contributed by atoms with Crippen molar-refractivity contribution in [1.82, 2.24) is 10.2 Å². The number of aliphatic hydroxyl groups is 1. The van der Waals surface area contributed by atoms with E-state index >= 15 is 0 Å². The van der Waals surface area contributed by atoms with E-state index in [1.54, 1.807) is 4.90 Å². The molecule has 0 aliphatic carbocycles. The molecule has 1 saturated heterocycles. The van der Waals surface area contributed by atoms with Gasteiger partial charge in [0.05, 0.1) is 12.6 Å². The van der Waals surface area contributed by atoms with E-state index in [1.165, 1.54) is 11.8 Å². The van der Waals surface area contributed by atoms with Gasteiger partial charge in [-0.2, -0.15) is 0 Å². The summed E-state index contributed by atoms with van der Waals surface area (Å²) < 4.78 is 0. The second-order valence-corrected chi connectivity index (χ2v) is 5.61. The monoisotopic (exact) mass is 294 g/mol. The van der Waals surface area contributed by atoms with Gasteiger partial charge in [0, 0.05) is 25.3 Å². The van der Waals surface area contributed by atoms with Crippen LogP contribution in [0, 0.1) is 0 Å². The van der Waals surface area contributed by atoms with Crippen molar-refractivity contribution >= 4 is 22.9 Å². The number of nitrogens with one attached hydrogen (secondary N) is 1. The van der Waals surface area contributed by atoms with Gasteiger partial charge in [0.1, 0.15) is 0 Å². The zero-order valence-corrected chi connectivity index (χ0v) is 11.9. The van der Waals surface area contributed by atoms with Crippen molar-refractivity contribution in [1.29, 1.82) is 0 Å². The van der Waals surface area contributed by atoms with Crippen LogP contribution in [0.5, 0.6) is 0 Å². The largest absolute Gasteiger partial charge is 0.394 e. The highest BCUT2D eigenvalue weighted by Crippen LogP contribution is 2.17. The molecular formula is C14H18N2O3S. The van der Waals surface area contributed by atoms with Crippen LogP contribution in [0.15, 0.2) is 30.3 Å². The van der Waals surface area contributed by atoms with Crippen LogP contribution in [0.3, 0.4) is 0 Å². The summed E-state index contributed by atoms with van der Waals surface area (Å²) in [6.45, 7) is 0.998. The number of hydrogen-bond acceptors (Lipinski definition) is 4. The highest BCUT2D eigenvalue weighted by Gasteiger charge is 2.22. The summed E-state index contributed by atoms with van der Waals surface area (Å²) in [5, 5.41) is 12.2. The first-order valence-corrected chi connectivity index (χ1v) is 7.56. The number of thioether (sulfide) groups is 1. The van der Waals surface area contributed by atoms with Crippen molar-refractivity contribution in [2.45, 2.75) is 12.5 Å². The molecule has 1 aromatic rings. The summed E-state index contributed by atoms with van der Waals surface area (Å²) >= 11 is 1.29. The zero-order chi connectivity index (χ0) is 14.4. The van der Waals surface area contributed by atoms with Crippen LogP contribution in [-0.4, -0.2) is 46.6 Å². The van der Waals surface area contributed by atoms with E-state index < -0.39 is 6.04 Å². The van der Waals surface area contributed by atoms with E-state index in [2.05, 4.69) is 5.32 Å². The molecule has 0 aromatic heterocycles. The van der Waals surface area contributed by atoms with Gasteiger partial charge in [-0.05, 0) is 5.56 Å². The average Bonchev–Trinajstić information content (AvgIpc) is 2.89. The van der Waals surface area contributed by atoms with Crippen LogP contribution >= 0.6 is 11.8 Å². The Balaban J connectivity index is 1.82. The Bertz CT molecular complexity index is 467. The predicted octanol–water partition coefficient (Wildman–Crippen LogP) is 1.40. The molecule has 108 valence electrons. The van der Waals surface area contributed by atoms with E-state index in [-0.39, 0.29) is 24.2 Å². The molecule has 20 heavy (non-hydrogen) atoms. The predicted molar refractivity (Wildman–Crippen MR) is 78.5 cm³/mol. The van der Waals surface area contributed by atoms with Gasteiger partial charge >= 0.3 is 0 Å². The van der Waals surface area contributed by atoms with Crippen LogP contribution in [0.1, 0.15) is 18.0 Å². The number of carbonyl (C=O) groups is 2. The molecule has 1 heterocycles. The van der Waals surface area contributed by atoms with Gasteiger partial charge in [0.2, 0.25) is 5.91 Å². The first-order valence-electron chi connectivity index (χ1n) is 6.57. The highest BCUT2D eigenvalue weighted by atomic mass is 32.2. The lowest BCUT2D eigenvalue weighted by atomic mass is 10.1. The summed E-state index contributed by atoms with van der Waals surface area (Å²) in [6.07, 6.45) is 0.260. The molecule has 2 rings (SSSR count). The Morgan fingerprint density at radius 3 is 2.75 bits per heavy atom. The zero-order valence-electron chi connectivity index (χ0n) is 11.1. The normalized spacial score (nSPS) is 16.2. The fourth-order valence-corrected chi connectivity index (χ4v) is 2.90. The summed E-state index contributed by atoms with van der Waals surface area (Å²) in [7, 11) is 0. The van der Waals surface area contributed by atoms with Crippen molar-refractivity contribution in [3.8, 4) is 0 Å². The van der Waals surface area contributed by atoms with Crippen molar-refractivity contribution in [3.63, 3.8) is 0 Å². The molecule has 5 nitrogen and oxygen atoms in total. The minimum absolute atomic E-state index is 0.0413. The summed E-state index contributed by atoms with van der Waals surface area (Å²) in [5.74, 6) is 0.640. The lowest BCUT2D eigenvalue weighted by Crippen LogP contribution is -2.34. The molecule has 1 fully saturated rings. The molecule has 6 heteroatoms. The van der Waals surface area contributed by atoms with Crippen LogP contribution in [0.4, 0.5) is 4.79 Å². The Labute approximate surface area is 122 Å². The quantitative estimate of drug-likeness (QED) is 0.832. The molecule has 0 bridgehead atoms. The van der Waals surface area contributed by atoms with Crippen LogP contribution < -0.4 is 5.32 Å². The third-order valence-corrected chi connectivity index (χ3v) is 4.07. The van der Waals surface area contributed by atoms with Gasteiger partial charge in [-0.1, -0.05) is 42.1 Å². The number of benzene rings is 1. The molecular weight excluding hydrogens is 276 g/mol. The van der Waals surface area contributed by atoms with E-state index in [4.69, 9.17) is 0 Å². The maximum absolute atomic E-state index is 11.9. The number of hydrogen-bond donors (Lipinski definition) is 2. The fourth-order valence-electron chi connectivity index (χ4n) is 2.05. The number of aliphatic hydroxyl groups excluding tert-OH is 1. The van der Waals surface area contributed by atoms with E-state index in [1.807, 2.05) is 30.3 Å². The van der Waals surface area contributed by atoms with Gasteiger partial charge in [-0.3, -0.25) is 9.59 Å². The number of amides is 2. The van der Waals surface area contributed by atoms with Gasteiger partial charge < -0.3 is 15.3 Å². The topological polar surface area (TPSA) is 69.6 Å². The lowest BCUT2D eigenvalue weighted by molar-refractivity contribution is -0.122. The lowest BCUT2D eigenvalue weighted by Gasteiger charge is -2.18. The molecule has 1 aromatic carbocycles. The molecule has 0 saturated carbocycles. The standard InChI is InChI=1S/C14H18N2O3S/c17-10-12(11-4-2-1-3-5-11)15-13(18)6-7-16-8-9-20-14(16)19/h1-5,12,17H,6-10H2,(H,15,18)/t12-/m0/s1. The number of carbonyl (C=O) groups excluding carboxylic acids is 2. The molecule has 2 amide bonds. The van der Waals surface area contributed by atoms with Crippen molar-refractivity contribution in [2.24, 2.45) is 0 Å². The molecule has 1 aliphatic rings. The Hall–Kier alpha value is -1.53.